The topological polar surface area (TPSA) is 50.6 Å². The first kappa shape index (κ1) is 23.3. The minimum absolute atomic E-state index is 0.0316. The Morgan fingerprint density at radius 1 is 0.757 bits per heavy atom. The van der Waals surface area contributed by atoms with Crippen molar-refractivity contribution < 1.29 is 9.53 Å². The third kappa shape index (κ3) is 5.20. The monoisotopic (exact) mass is 490 g/mol. The van der Waals surface area contributed by atoms with E-state index in [0.717, 1.165) is 59.6 Å². The first-order valence-electron chi connectivity index (χ1n) is 12.8. The summed E-state index contributed by atoms with van der Waals surface area (Å²) < 4.78 is 8.16. The molecular formula is C31H30N4O2. The van der Waals surface area contributed by atoms with Gasteiger partial charge in [0.2, 0.25) is 0 Å². The van der Waals surface area contributed by atoms with Crippen LogP contribution >= 0.6 is 0 Å². The van der Waals surface area contributed by atoms with Crippen LogP contribution < -0.4 is 4.74 Å². The largest absolute Gasteiger partial charge is 0.484 e. The van der Waals surface area contributed by atoms with E-state index >= 15 is 0 Å². The van der Waals surface area contributed by atoms with Gasteiger partial charge in [0, 0.05) is 32.7 Å². The van der Waals surface area contributed by atoms with Crippen LogP contribution in [-0.2, 0) is 17.9 Å². The highest BCUT2D eigenvalue weighted by Crippen LogP contribution is 2.22. The number of rotatable bonds is 7. The van der Waals surface area contributed by atoms with Crippen LogP contribution in [0, 0.1) is 0 Å². The van der Waals surface area contributed by atoms with Crippen LogP contribution in [-0.4, -0.2) is 58.0 Å². The van der Waals surface area contributed by atoms with E-state index in [2.05, 4.69) is 64.1 Å². The number of ether oxygens (including phenoxy) is 1. The Bertz CT molecular complexity index is 1520. The summed E-state index contributed by atoms with van der Waals surface area (Å²) in [5.74, 6) is 1.82. The van der Waals surface area contributed by atoms with E-state index in [1.54, 1.807) is 0 Å². The fraction of sp³-hybridized carbons (Fsp3) is 0.226. The van der Waals surface area contributed by atoms with Crippen LogP contribution in [0.3, 0.4) is 0 Å². The highest BCUT2D eigenvalue weighted by Gasteiger charge is 2.23. The molecule has 0 atom stereocenters. The number of aromatic nitrogens is 2. The molecule has 1 fully saturated rings. The van der Waals surface area contributed by atoms with Gasteiger partial charge in [-0.25, -0.2) is 4.98 Å². The average molecular weight is 491 g/mol. The molecule has 1 aliphatic heterocycles. The fourth-order valence-electron chi connectivity index (χ4n) is 5.04. The zero-order valence-electron chi connectivity index (χ0n) is 20.8. The highest BCUT2D eigenvalue weighted by atomic mass is 16.5. The molecule has 1 amide bonds. The molecule has 4 aromatic carbocycles. The summed E-state index contributed by atoms with van der Waals surface area (Å²) in [6.45, 7) is 4.63. The Morgan fingerprint density at radius 2 is 1.49 bits per heavy atom. The van der Waals surface area contributed by atoms with Gasteiger partial charge in [0.25, 0.3) is 5.91 Å². The molecule has 0 bridgehead atoms. The summed E-state index contributed by atoms with van der Waals surface area (Å²) in [6, 6.07) is 32.9. The van der Waals surface area contributed by atoms with E-state index < -0.39 is 0 Å². The first-order chi connectivity index (χ1) is 18.2. The normalized spacial score (nSPS) is 14.3. The van der Waals surface area contributed by atoms with Crippen LogP contribution in [0.1, 0.15) is 11.4 Å². The SMILES string of the molecule is O=C(COc1ccc2ccccc2c1)N1CCN(Cc2nc3ccccc3n2Cc2ccccc2)CC1. The second kappa shape index (κ2) is 10.4. The van der Waals surface area contributed by atoms with Crippen molar-refractivity contribution in [3.63, 3.8) is 0 Å². The summed E-state index contributed by atoms with van der Waals surface area (Å²) in [5, 5.41) is 2.27. The molecule has 0 saturated carbocycles. The lowest BCUT2D eigenvalue weighted by molar-refractivity contribution is -0.135. The van der Waals surface area contributed by atoms with E-state index in [4.69, 9.17) is 9.72 Å². The van der Waals surface area contributed by atoms with Gasteiger partial charge in [0.15, 0.2) is 6.61 Å². The minimum Gasteiger partial charge on any atom is -0.484 e. The number of fused-ring (bicyclic) bond motifs is 2. The van der Waals surface area contributed by atoms with E-state index in [-0.39, 0.29) is 12.5 Å². The standard InChI is InChI=1S/C31H30N4O2/c36-31(23-37-27-15-14-25-10-4-5-11-26(25)20-27)34-18-16-33(17-19-34)22-30-32-28-12-6-7-13-29(28)35(30)21-24-8-2-1-3-9-24/h1-15,20H,16-19,21-23H2. The molecule has 0 aliphatic carbocycles. The molecule has 0 unspecified atom stereocenters. The van der Waals surface area contributed by atoms with E-state index in [0.29, 0.717) is 13.1 Å². The number of piperazine rings is 1. The summed E-state index contributed by atoms with van der Waals surface area (Å²) in [5.41, 5.74) is 3.43. The molecule has 0 N–H and O–H groups in total. The highest BCUT2D eigenvalue weighted by molar-refractivity contribution is 5.84. The maximum atomic E-state index is 12.8. The molecule has 6 nitrogen and oxygen atoms in total. The van der Waals surface area contributed by atoms with Gasteiger partial charge >= 0.3 is 0 Å². The Kier molecular flexibility index (Phi) is 6.57. The minimum atomic E-state index is 0.0316. The van der Waals surface area contributed by atoms with Crippen molar-refractivity contribution in [3.8, 4) is 5.75 Å². The number of imidazole rings is 1. The Labute approximate surface area is 216 Å². The summed E-state index contributed by atoms with van der Waals surface area (Å²) in [6.07, 6.45) is 0. The second-order valence-electron chi connectivity index (χ2n) is 9.54. The van der Waals surface area contributed by atoms with Crippen molar-refractivity contribution in [2.24, 2.45) is 0 Å². The van der Waals surface area contributed by atoms with E-state index in [1.807, 2.05) is 47.4 Å². The van der Waals surface area contributed by atoms with Gasteiger partial charge in [-0.2, -0.15) is 0 Å². The molecule has 6 rings (SSSR count). The number of hydrogen-bond donors (Lipinski definition) is 0. The lowest BCUT2D eigenvalue weighted by Crippen LogP contribution is -2.49. The molecule has 2 heterocycles. The van der Waals surface area contributed by atoms with Crippen LogP contribution in [0.15, 0.2) is 97.1 Å². The summed E-state index contributed by atoms with van der Waals surface area (Å²) in [7, 11) is 0. The third-order valence-corrected chi connectivity index (χ3v) is 7.09. The smallest absolute Gasteiger partial charge is 0.260 e. The van der Waals surface area contributed by atoms with Crippen molar-refractivity contribution in [2.75, 3.05) is 32.8 Å². The molecular weight excluding hydrogens is 460 g/mol. The average Bonchev–Trinajstić information content (AvgIpc) is 3.29. The first-order valence-corrected chi connectivity index (χ1v) is 12.8. The number of hydrogen-bond acceptors (Lipinski definition) is 4. The van der Waals surface area contributed by atoms with E-state index in [9.17, 15) is 4.79 Å². The van der Waals surface area contributed by atoms with Gasteiger partial charge < -0.3 is 14.2 Å². The molecule has 37 heavy (non-hydrogen) atoms. The Hall–Kier alpha value is -4.16. The van der Waals surface area contributed by atoms with Gasteiger partial charge in [0.1, 0.15) is 11.6 Å². The number of amides is 1. The Morgan fingerprint density at radius 3 is 2.32 bits per heavy atom. The molecule has 0 radical (unpaired) electrons. The predicted molar refractivity (Wildman–Crippen MR) is 147 cm³/mol. The zero-order chi connectivity index (χ0) is 25.0. The fourth-order valence-corrected chi connectivity index (χ4v) is 5.04. The maximum absolute atomic E-state index is 12.8. The van der Waals surface area contributed by atoms with Gasteiger partial charge in [-0.3, -0.25) is 9.69 Å². The lowest BCUT2D eigenvalue weighted by atomic mass is 10.1. The lowest BCUT2D eigenvalue weighted by Gasteiger charge is -2.34. The van der Waals surface area contributed by atoms with Crippen molar-refractivity contribution in [3.05, 3.63) is 108 Å². The summed E-state index contributed by atoms with van der Waals surface area (Å²) in [4.78, 5) is 22.1. The molecule has 6 heteroatoms. The number of carbonyl (C=O) groups is 1. The van der Waals surface area contributed by atoms with Crippen molar-refractivity contribution in [1.29, 1.82) is 0 Å². The summed E-state index contributed by atoms with van der Waals surface area (Å²) >= 11 is 0. The van der Waals surface area contributed by atoms with Gasteiger partial charge in [-0.15, -0.1) is 0 Å². The Balaban J connectivity index is 1.07. The predicted octanol–water partition coefficient (Wildman–Crippen LogP) is 4.96. The van der Waals surface area contributed by atoms with Crippen LogP contribution in [0.5, 0.6) is 5.75 Å². The maximum Gasteiger partial charge on any atom is 0.260 e. The third-order valence-electron chi connectivity index (χ3n) is 7.09. The van der Waals surface area contributed by atoms with Gasteiger partial charge in [0.05, 0.1) is 17.6 Å². The number of benzene rings is 4. The second-order valence-corrected chi connectivity index (χ2v) is 9.54. The number of nitrogens with zero attached hydrogens (tertiary/aromatic N) is 4. The molecule has 1 saturated heterocycles. The molecule has 5 aromatic rings. The quantitative estimate of drug-likeness (QED) is 0.324. The van der Waals surface area contributed by atoms with Crippen LogP contribution in [0.2, 0.25) is 0 Å². The molecule has 0 spiro atoms. The van der Waals surface area contributed by atoms with Crippen molar-refractivity contribution in [1.82, 2.24) is 19.4 Å². The molecule has 186 valence electrons. The zero-order valence-corrected chi connectivity index (χ0v) is 20.8. The van der Waals surface area contributed by atoms with Crippen molar-refractivity contribution >= 4 is 27.7 Å². The van der Waals surface area contributed by atoms with Crippen molar-refractivity contribution in [2.45, 2.75) is 13.1 Å². The van der Waals surface area contributed by atoms with Gasteiger partial charge in [-0.05, 0) is 40.6 Å². The van der Waals surface area contributed by atoms with Gasteiger partial charge in [-0.1, -0.05) is 72.8 Å². The van der Waals surface area contributed by atoms with E-state index in [1.165, 1.54) is 5.56 Å². The van der Waals surface area contributed by atoms with Crippen LogP contribution in [0.4, 0.5) is 0 Å². The molecule has 1 aliphatic rings. The molecule has 1 aromatic heterocycles. The number of para-hydroxylation sites is 2. The van der Waals surface area contributed by atoms with Crippen LogP contribution in [0.25, 0.3) is 21.8 Å². The number of carbonyl (C=O) groups excluding carboxylic acids is 1.